The van der Waals surface area contributed by atoms with E-state index in [9.17, 15) is 14.4 Å². The Morgan fingerprint density at radius 1 is 0.976 bits per heavy atom. The summed E-state index contributed by atoms with van der Waals surface area (Å²) < 4.78 is 13.2. The van der Waals surface area contributed by atoms with Crippen molar-refractivity contribution in [3.05, 3.63) is 66.0 Å². The first kappa shape index (κ1) is 29.2. The minimum Gasteiger partial charge on any atom is -0.492 e. The molecule has 0 aliphatic carbocycles. The van der Waals surface area contributed by atoms with Crippen LogP contribution in [0.15, 0.2) is 54.6 Å². The van der Waals surface area contributed by atoms with E-state index in [1.165, 1.54) is 0 Å². The van der Waals surface area contributed by atoms with Gasteiger partial charge in [-0.3, -0.25) is 14.4 Å². The smallest absolute Gasteiger partial charge is 0.251 e. The third-order valence-electron chi connectivity index (χ3n) is 7.55. The standard InChI is InChI=1S/C31H38N6O5/c1-21(2)27-29-34-28(22-7-4-3-5-8-22)35-37(29)15-18-42-25-10-6-9-24(19-25)30(39)32-13-14-36(20-26(38)33-27)31(40)23-11-16-41-17-12-23/h3-10,19,21,23,27H,11-18,20H2,1-2H3,(H,32,39)(H,33,38)/t27-/m0/s1. The van der Waals surface area contributed by atoms with Crippen LogP contribution in [0, 0.1) is 11.8 Å². The van der Waals surface area contributed by atoms with Crippen LogP contribution in [0.2, 0.25) is 0 Å². The molecule has 222 valence electrons. The van der Waals surface area contributed by atoms with Crippen LogP contribution in [0.5, 0.6) is 5.75 Å². The van der Waals surface area contributed by atoms with Crippen LogP contribution in [0.4, 0.5) is 0 Å². The molecule has 2 N–H and O–H groups in total. The number of aromatic nitrogens is 3. The van der Waals surface area contributed by atoms with Gasteiger partial charge in [0.2, 0.25) is 11.8 Å². The molecule has 3 heterocycles. The number of benzene rings is 2. The first-order chi connectivity index (χ1) is 20.4. The third kappa shape index (κ3) is 7.14. The predicted molar refractivity (Wildman–Crippen MR) is 156 cm³/mol. The predicted octanol–water partition coefficient (Wildman–Crippen LogP) is 2.84. The van der Waals surface area contributed by atoms with Gasteiger partial charge in [0.15, 0.2) is 11.6 Å². The van der Waals surface area contributed by atoms with E-state index in [4.69, 9.17) is 19.6 Å². The molecule has 1 fully saturated rings. The Kier molecular flexibility index (Phi) is 9.48. The van der Waals surface area contributed by atoms with Crippen LogP contribution in [-0.4, -0.2) is 76.8 Å². The second-order valence-electron chi connectivity index (χ2n) is 11.0. The van der Waals surface area contributed by atoms with Gasteiger partial charge >= 0.3 is 0 Å². The Balaban J connectivity index is 1.47. The van der Waals surface area contributed by atoms with Gasteiger partial charge in [-0.2, -0.15) is 5.10 Å². The van der Waals surface area contributed by atoms with Crippen LogP contribution in [0.1, 0.15) is 48.9 Å². The lowest BCUT2D eigenvalue weighted by atomic mass is 9.98. The topological polar surface area (TPSA) is 128 Å². The Bertz CT molecular complexity index is 1390. The highest BCUT2D eigenvalue weighted by Crippen LogP contribution is 2.25. The number of nitrogens with one attached hydrogen (secondary N) is 2. The van der Waals surface area contributed by atoms with E-state index in [0.717, 1.165) is 5.56 Å². The summed E-state index contributed by atoms with van der Waals surface area (Å²) in [5, 5.41) is 10.8. The zero-order chi connectivity index (χ0) is 29.5. The van der Waals surface area contributed by atoms with Crippen molar-refractivity contribution >= 4 is 17.7 Å². The van der Waals surface area contributed by atoms with Gasteiger partial charge in [-0.05, 0) is 37.0 Å². The number of ether oxygens (including phenoxy) is 2. The van der Waals surface area contributed by atoms with Gasteiger partial charge in [-0.25, -0.2) is 9.67 Å². The molecule has 2 aromatic carbocycles. The number of nitrogens with zero attached hydrogens (tertiary/aromatic N) is 4. The van der Waals surface area contributed by atoms with E-state index in [1.54, 1.807) is 33.8 Å². The normalized spacial score (nSPS) is 19.3. The molecule has 2 bridgehead atoms. The zero-order valence-corrected chi connectivity index (χ0v) is 24.1. The molecular weight excluding hydrogens is 536 g/mol. The molecular formula is C31H38N6O5. The monoisotopic (exact) mass is 574 g/mol. The van der Waals surface area contributed by atoms with Crippen molar-refractivity contribution in [2.75, 3.05) is 39.5 Å². The molecule has 2 aliphatic rings. The number of carbonyl (C=O) groups is 3. The highest BCUT2D eigenvalue weighted by molar-refractivity contribution is 5.94. The molecule has 42 heavy (non-hydrogen) atoms. The largest absolute Gasteiger partial charge is 0.492 e. The Morgan fingerprint density at radius 2 is 1.74 bits per heavy atom. The summed E-state index contributed by atoms with van der Waals surface area (Å²) in [6.45, 7) is 5.98. The van der Waals surface area contributed by atoms with Crippen molar-refractivity contribution in [2.45, 2.75) is 39.3 Å². The van der Waals surface area contributed by atoms with E-state index in [2.05, 4.69) is 10.6 Å². The number of hydrogen-bond donors (Lipinski definition) is 2. The number of rotatable bonds is 3. The Morgan fingerprint density at radius 3 is 2.50 bits per heavy atom. The summed E-state index contributed by atoms with van der Waals surface area (Å²) in [6.07, 6.45) is 1.21. The molecule has 5 rings (SSSR count). The van der Waals surface area contributed by atoms with Crippen LogP contribution in [0.25, 0.3) is 11.4 Å². The van der Waals surface area contributed by atoms with Gasteiger partial charge in [0.05, 0.1) is 19.1 Å². The lowest BCUT2D eigenvalue weighted by Crippen LogP contribution is -2.48. The number of hydrogen-bond acceptors (Lipinski definition) is 7. The highest BCUT2D eigenvalue weighted by atomic mass is 16.5. The molecule has 1 saturated heterocycles. The Hall–Kier alpha value is -4.25. The molecule has 3 amide bonds. The average Bonchev–Trinajstić information content (AvgIpc) is 3.43. The number of fused-ring (bicyclic) bond motifs is 3. The molecule has 1 atom stereocenters. The minimum atomic E-state index is -0.457. The van der Waals surface area contributed by atoms with E-state index in [-0.39, 0.29) is 55.8 Å². The van der Waals surface area contributed by atoms with Crippen molar-refractivity contribution < 1.29 is 23.9 Å². The molecule has 1 aromatic heterocycles. The Labute approximate surface area is 245 Å². The van der Waals surface area contributed by atoms with Crippen LogP contribution in [-0.2, 0) is 20.9 Å². The van der Waals surface area contributed by atoms with Crippen LogP contribution >= 0.6 is 0 Å². The van der Waals surface area contributed by atoms with E-state index >= 15 is 0 Å². The van der Waals surface area contributed by atoms with Crippen molar-refractivity contribution in [1.82, 2.24) is 30.3 Å². The molecule has 0 radical (unpaired) electrons. The molecule has 11 nitrogen and oxygen atoms in total. The fourth-order valence-electron chi connectivity index (χ4n) is 5.23. The quantitative estimate of drug-likeness (QED) is 0.493. The maximum absolute atomic E-state index is 13.5. The molecule has 0 unspecified atom stereocenters. The molecule has 11 heteroatoms. The van der Waals surface area contributed by atoms with Crippen LogP contribution < -0.4 is 15.4 Å². The molecule has 0 spiro atoms. The fraction of sp³-hybridized carbons (Fsp3) is 0.452. The van der Waals surface area contributed by atoms with E-state index in [0.29, 0.717) is 55.6 Å². The zero-order valence-electron chi connectivity index (χ0n) is 24.1. The van der Waals surface area contributed by atoms with E-state index < -0.39 is 6.04 Å². The van der Waals surface area contributed by atoms with Gasteiger partial charge in [0.1, 0.15) is 12.4 Å². The second-order valence-corrected chi connectivity index (χ2v) is 11.0. The third-order valence-corrected chi connectivity index (χ3v) is 7.55. The summed E-state index contributed by atoms with van der Waals surface area (Å²) in [4.78, 5) is 46.3. The van der Waals surface area contributed by atoms with Crippen molar-refractivity contribution in [1.29, 1.82) is 0 Å². The van der Waals surface area contributed by atoms with Gasteiger partial charge in [0.25, 0.3) is 5.91 Å². The molecule has 2 aliphatic heterocycles. The van der Waals surface area contributed by atoms with Gasteiger partial charge in [-0.1, -0.05) is 50.2 Å². The first-order valence-electron chi connectivity index (χ1n) is 14.6. The summed E-state index contributed by atoms with van der Waals surface area (Å²) in [7, 11) is 0. The van der Waals surface area contributed by atoms with Crippen molar-refractivity contribution in [2.24, 2.45) is 11.8 Å². The maximum Gasteiger partial charge on any atom is 0.251 e. The van der Waals surface area contributed by atoms with Crippen molar-refractivity contribution in [3.8, 4) is 17.1 Å². The van der Waals surface area contributed by atoms with Gasteiger partial charge in [-0.15, -0.1) is 0 Å². The fourth-order valence-corrected chi connectivity index (χ4v) is 5.23. The summed E-state index contributed by atoms with van der Waals surface area (Å²) in [5.74, 6) is 0.797. The SMILES string of the molecule is CC(C)[C@@H]1NC(=O)CN(C(=O)C2CCOCC2)CCNC(=O)c2cccc(c2)OCCn2nc(-c3ccccc3)nc21. The summed E-state index contributed by atoms with van der Waals surface area (Å²) in [5.41, 5.74) is 1.31. The number of carbonyl (C=O) groups excluding carboxylic acids is 3. The minimum absolute atomic E-state index is 0.0147. The van der Waals surface area contributed by atoms with Crippen molar-refractivity contribution in [3.63, 3.8) is 0 Å². The van der Waals surface area contributed by atoms with Gasteiger partial charge < -0.3 is 25.0 Å². The molecule has 3 aromatic rings. The molecule has 0 saturated carbocycles. The maximum atomic E-state index is 13.5. The highest BCUT2D eigenvalue weighted by Gasteiger charge is 2.30. The number of amides is 3. The summed E-state index contributed by atoms with van der Waals surface area (Å²) >= 11 is 0. The van der Waals surface area contributed by atoms with Crippen LogP contribution in [0.3, 0.4) is 0 Å². The van der Waals surface area contributed by atoms with E-state index in [1.807, 2.05) is 44.2 Å². The average molecular weight is 575 g/mol. The summed E-state index contributed by atoms with van der Waals surface area (Å²) in [6, 6.07) is 16.2. The lowest BCUT2D eigenvalue weighted by molar-refractivity contribution is -0.142. The second kappa shape index (κ2) is 13.6. The lowest BCUT2D eigenvalue weighted by Gasteiger charge is -2.30. The van der Waals surface area contributed by atoms with Gasteiger partial charge in [0, 0.05) is 43.3 Å². The first-order valence-corrected chi connectivity index (χ1v) is 14.6.